The van der Waals surface area contributed by atoms with Crippen LogP contribution in [0.3, 0.4) is 0 Å². The van der Waals surface area contributed by atoms with E-state index in [1.165, 1.54) is 0 Å². The van der Waals surface area contributed by atoms with Crippen LogP contribution in [0.2, 0.25) is 0 Å². The van der Waals surface area contributed by atoms with Crippen molar-refractivity contribution in [1.29, 1.82) is 0 Å². The summed E-state index contributed by atoms with van der Waals surface area (Å²) in [7, 11) is 0. The highest BCUT2D eigenvalue weighted by Crippen LogP contribution is 2.50. The van der Waals surface area contributed by atoms with Gasteiger partial charge in [-0.25, -0.2) is 0 Å². The first-order valence-electron chi connectivity index (χ1n) is 10.8. The zero-order valence-corrected chi connectivity index (χ0v) is 17.9. The molecule has 2 fully saturated rings. The fourth-order valence-corrected chi connectivity index (χ4v) is 5.87. The molecule has 0 heterocycles. The zero-order valence-electron chi connectivity index (χ0n) is 17.9. The molecule has 4 rings (SSSR count). The Balaban J connectivity index is 1.82. The third kappa shape index (κ3) is 2.86. The van der Waals surface area contributed by atoms with Gasteiger partial charge in [-0.05, 0) is 55.7 Å². The van der Waals surface area contributed by atoms with Crippen molar-refractivity contribution in [2.75, 3.05) is 0 Å². The average molecular weight is 426 g/mol. The molecular formula is C24H26O7. The maximum Gasteiger partial charge on any atom is 0.190 e. The Hall–Kier alpha value is -2.67. The summed E-state index contributed by atoms with van der Waals surface area (Å²) in [6, 6.07) is 1.86. The Bertz CT molecular complexity index is 1050. The molecule has 0 bridgehead atoms. The molecule has 0 radical (unpaired) electrons. The van der Waals surface area contributed by atoms with Crippen LogP contribution in [0.15, 0.2) is 6.07 Å². The quantitative estimate of drug-likeness (QED) is 0.705. The predicted octanol–water partition coefficient (Wildman–Crippen LogP) is 1.69. The van der Waals surface area contributed by atoms with Gasteiger partial charge in [0.15, 0.2) is 28.7 Å². The van der Waals surface area contributed by atoms with Crippen LogP contribution in [-0.4, -0.2) is 44.7 Å². The molecule has 164 valence electrons. The Morgan fingerprint density at radius 1 is 1.16 bits per heavy atom. The van der Waals surface area contributed by atoms with E-state index in [1.54, 1.807) is 0 Å². The lowest BCUT2D eigenvalue weighted by Gasteiger charge is -2.48. The number of Topliss-reactive ketones (excluding diaryl/α,β-unsaturated/α-hetero) is 5. The topological polar surface area (TPSA) is 126 Å². The molecule has 31 heavy (non-hydrogen) atoms. The van der Waals surface area contributed by atoms with Crippen LogP contribution in [0.1, 0.15) is 60.2 Å². The van der Waals surface area contributed by atoms with Crippen LogP contribution >= 0.6 is 0 Å². The second-order valence-electron chi connectivity index (χ2n) is 9.25. The number of aromatic hydroxyl groups is 1. The minimum absolute atomic E-state index is 0.0996. The van der Waals surface area contributed by atoms with Gasteiger partial charge in [-0.2, -0.15) is 0 Å². The molecule has 0 aromatic heterocycles. The fraction of sp³-hybridized carbons (Fsp3) is 0.542. The van der Waals surface area contributed by atoms with E-state index in [9.17, 15) is 34.2 Å². The molecule has 5 atom stereocenters. The maximum atomic E-state index is 13.5. The third-order valence-corrected chi connectivity index (χ3v) is 7.35. The Labute approximate surface area is 179 Å². The van der Waals surface area contributed by atoms with Crippen molar-refractivity contribution in [2.24, 2.45) is 23.7 Å². The summed E-state index contributed by atoms with van der Waals surface area (Å²) in [5.74, 6) is -8.43. The van der Waals surface area contributed by atoms with Gasteiger partial charge in [0.2, 0.25) is 0 Å². The van der Waals surface area contributed by atoms with Crippen LogP contribution in [0.4, 0.5) is 0 Å². The molecule has 2 N–H and O–H groups in total. The number of aryl methyl sites for hydroxylation is 2. The van der Waals surface area contributed by atoms with Crippen molar-refractivity contribution in [2.45, 2.75) is 58.5 Å². The number of hydrogen-bond donors (Lipinski definition) is 2. The van der Waals surface area contributed by atoms with E-state index in [0.29, 0.717) is 24.0 Å². The number of carbonyl (C=O) groups excluding carboxylic acids is 5. The predicted molar refractivity (Wildman–Crippen MR) is 109 cm³/mol. The normalized spacial score (nSPS) is 32.4. The number of phenols is 1. The number of rotatable bonds is 3. The molecule has 2 saturated carbocycles. The zero-order chi connectivity index (χ0) is 22.8. The first-order chi connectivity index (χ1) is 14.5. The van der Waals surface area contributed by atoms with Gasteiger partial charge in [0.05, 0.1) is 11.5 Å². The molecular weight excluding hydrogens is 400 g/mol. The SMILES string of the molecule is CCCc1cc(C)c2c(c1O)C(=O)C1C(=O)C3(O)C(=O)C(C(C)=O)C(=O)CC3CC1C2. The van der Waals surface area contributed by atoms with Crippen molar-refractivity contribution in [3.05, 3.63) is 28.3 Å². The molecule has 7 heteroatoms. The fourth-order valence-electron chi connectivity index (χ4n) is 5.87. The highest BCUT2D eigenvalue weighted by Gasteiger charge is 2.65. The molecule has 5 unspecified atom stereocenters. The molecule has 7 nitrogen and oxygen atoms in total. The molecule has 0 aliphatic heterocycles. The van der Waals surface area contributed by atoms with Gasteiger partial charge < -0.3 is 10.2 Å². The molecule has 1 aromatic carbocycles. The molecule has 0 spiro atoms. The van der Waals surface area contributed by atoms with E-state index in [0.717, 1.165) is 18.9 Å². The van der Waals surface area contributed by atoms with Gasteiger partial charge in [0.1, 0.15) is 17.5 Å². The smallest absolute Gasteiger partial charge is 0.190 e. The molecule has 3 aliphatic carbocycles. The molecule has 3 aliphatic rings. The third-order valence-electron chi connectivity index (χ3n) is 7.35. The lowest BCUT2D eigenvalue weighted by atomic mass is 9.53. The summed E-state index contributed by atoms with van der Waals surface area (Å²) in [6.07, 6.45) is 1.58. The summed E-state index contributed by atoms with van der Waals surface area (Å²) in [5.41, 5.74) is -0.269. The van der Waals surface area contributed by atoms with Crippen LogP contribution < -0.4 is 0 Å². The number of fused-ring (bicyclic) bond motifs is 3. The van der Waals surface area contributed by atoms with Crippen molar-refractivity contribution in [1.82, 2.24) is 0 Å². The van der Waals surface area contributed by atoms with Crippen LogP contribution in [-0.2, 0) is 32.0 Å². The average Bonchev–Trinajstić information content (AvgIpc) is 2.68. The van der Waals surface area contributed by atoms with Gasteiger partial charge in [-0.15, -0.1) is 0 Å². The summed E-state index contributed by atoms with van der Waals surface area (Å²) >= 11 is 0. The van der Waals surface area contributed by atoms with E-state index < -0.39 is 58.2 Å². The van der Waals surface area contributed by atoms with Crippen LogP contribution in [0.25, 0.3) is 0 Å². The van der Waals surface area contributed by atoms with Crippen molar-refractivity contribution in [3.8, 4) is 5.75 Å². The van der Waals surface area contributed by atoms with Crippen molar-refractivity contribution >= 4 is 28.9 Å². The standard InChI is InChI=1S/C24H26O7/c1-4-5-12-6-10(2)15-8-13-7-14-9-16(26)17(11(3)25)22(29)24(14,31)23(30)18(13)21(28)19(15)20(12)27/h6,13-14,17-18,27,31H,4-5,7-9H2,1-3H3. The maximum absolute atomic E-state index is 13.5. The van der Waals surface area contributed by atoms with Crippen molar-refractivity contribution < 1.29 is 34.2 Å². The van der Waals surface area contributed by atoms with Gasteiger partial charge in [-0.3, -0.25) is 24.0 Å². The van der Waals surface area contributed by atoms with Crippen LogP contribution in [0, 0.1) is 30.6 Å². The van der Waals surface area contributed by atoms with E-state index in [-0.39, 0.29) is 24.2 Å². The number of aliphatic hydroxyl groups is 1. The van der Waals surface area contributed by atoms with E-state index >= 15 is 0 Å². The molecule has 0 saturated heterocycles. The second-order valence-corrected chi connectivity index (χ2v) is 9.25. The molecule has 1 aromatic rings. The number of phenolic OH excluding ortho intramolecular Hbond substituents is 1. The summed E-state index contributed by atoms with van der Waals surface area (Å²) < 4.78 is 0. The highest BCUT2D eigenvalue weighted by molar-refractivity contribution is 6.31. The minimum atomic E-state index is -2.52. The largest absolute Gasteiger partial charge is 0.507 e. The van der Waals surface area contributed by atoms with Crippen molar-refractivity contribution in [3.63, 3.8) is 0 Å². The minimum Gasteiger partial charge on any atom is -0.507 e. The number of benzene rings is 1. The Morgan fingerprint density at radius 3 is 2.45 bits per heavy atom. The van der Waals surface area contributed by atoms with Crippen LogP contribution in [0.5, 0.6) is 5.75 Å². The summed E-state index contributed by atoms with van der Waals surface area (Å²) in [6.45, 7) is 4.89. The molecule has 0 amide bonds. The van der Waals surface area contributed by atoms with Gasteiger partial charge in [0.25, 0.3) is 0 Å². The van der Waals surface area contributed by atoms with Gasteiger partial charge in [-0.1, -0.05) is 19.4 Å². The van der Waals surface area contributed by atoms with E-state index in [2.05, 4.69) is 0 Å². The first-order valence-corrected chi connectivity index (χ1v) is 10.8. The lowest BCUT2D eigenvalue weighted by molar-refractivity contribution is -0.175. The first kappa shape index (κ1) is 21.6. The number of carbonyl (C=O) groups is 5. The summed E-state index contributed by atoms with van der Waals surface area (Å²) in [4.78, 5) is 64.1. The van der Waals surface area contributed by atoms with Gasteiger partial charge >= 0.3 is 0 Å². The second kappa shape index (κ2) is 7.19. The van der Waals surface area contributed by atoms with E-state index in [1.807, 2.05) is 19.9 Å². The highest BCUT2D eigenvalue weighted by atomic mass is 16.3. The lowest BCUT2D eigenvalue weighted by Crippen LogP contribution is -2.67. The monoisotopic (exact) mass is 426 g/mol. The number of ketones is 5. The Kier molecular flexibility index (Phi) is 5.00. The summed E-state index contributed by atoms with van der Waals surface area (Å²) in [5, 5.41) is 22.0. The van der Waals surface area contributed by atoms with E-state index in [4.69, 9.17) is 0 Å². The number of hydrogen-bond acceptors (Lipinski definition) is 7. The van der Waals surface area contributed by atoms with Gasteiger partial charge in [0, 0.05) is 12.3 Å². The Morgan fingerprint density at radius 2 is 1.84 bits per heavy atom.